The molecule has 1 aromatic carbocycles. The van der Waals surface area contributed by atoms with Crippen molar-refractivity contribution in [2.24, 2.45) is 0 Å². The van der Waals surface area contributed by atoms with Gasteiger partial charge in [-0.2, -0.15) is 11.8 Å². The number of piperidine rings is 1. The Bertz CT molecular complexity index is 444. The van der Waals surface area contributed by atoms with E-state index in [0.29, 0.717) is 12.6 Å². The molecule has 2 rings (SSSR count). The summed E-state index contributed by atoms with van der Waals surface area (Å²) in [5.41, 5.74) is 0.707. The molecule has 1 heterocycles. The van der Waals surface area contributed by atoms with Crippen molar-refractivity contribution in [1.82, 2.24) is 10.2 Å². The van der Waals surface area contributed by atoms with Crippen LogP contribution in [0.5, 0.6) is 0 Å². The largest absolute Gasteiger partial charge is 0.388 e. The molecule has 3 nitrogen and oxygen atoms in total. The van der Waals surface area contributed by atoms with Crippen molar-refractivity contribution >= 4 is 23.4 Å². The number of likely N-dealkylation sites (tertiary alicyclic amines) is 1. The van der Waals surface area contributed by atoms with Gasteiger partial charge in [-0.1, -0.05) is 23.7 Å². The molecule has 0 bridgehead atoms. The topological polar surface area (TPSA) is 35.5 Å². The maximum atomic E-state index is 10.2. The summed E-state index contributed by atoms with van der Waals surface area (Å²) < 4.78 is 0. The average molecular weight is 343 g/mol. The Morgan fingerprint density at radius 3 is 2.55 bits per heavy atom. The first-order valence-corrected chi connectivity index (χ1v) is 9.67. The highest BCUT2D eigenvalue weighted by atomic mass is 35.5. The summed E-state index contributed by atoms with van der Waals surface area (Å²) >= 11 is 7.61. The van der Waals surface area contributed by atoms with E-state index in [4.69, 9.17) is 11.6 Å². The molecule has 1 atom stereocenters. The summed E-state index contributed by atoms with van der Waals surface area (Å²) in [7, 11) is 0. The van der Waals surface area contributed by atoms with Crippen LogP contribution in [0.1, 0.15) is 25.3 Å². The summed E-state index contributed by atoms with van der Waals surface area (Å²) in [4.78, 5) is 2.49. The van der Waals surface area contributed by atoms with Gasteiger partial charge in [-0.15, -0.1) is 0 Å². The van der Waals surface area contributed by atoms with Crippen molar-refractivity contribution in [1.29, 1.82) is 0 Å². The molecule has 0 aromatic heterocycles. The van der Waals surface area contributed by atoms with Crippen LogP contribution in [-0.2, 0) is 6.54 Å². The molecule has 0 radical (unpaired) electrons. The van der Waals surface area contributed by atoms with E-state index in [0.717, 1.165) is 43.3 Å². The zero-order valence-electron chi connectivity index (χ0n) is 13.5. The predicted octanol–water partition coefficient (Wildman–Crippen LogP) is 3.01. The lowest BCUT2D eigenvalue weighted by Gasteiger charge is -2.34. The molecule has 2 N–H and O–H groups in total. The smallest absolute Gasteiger partial charge is 0.0833 e. The number of hydrogen-bond acceptors (Lipinski definition) is 4. The zero-order chi connectivity index (χ0) is 16.0. The highest BCUT2D eigenvalue weighted by Crippen LogP contribution is 2.17. The lowest BCUT2D eigenvalue weighted by atomic mass is 10.0. The molecule has 1 aromatic rings. The Kier molecular flexibility index (Phi) is 7.03. The number of aliphatic hydroxyl groups is 1. The molecule has 1 aliphatic rings. The minimum Gasteiger partial charge on any atom is -0.388 e. The quantitative estimate of drug-likeness (QED) is 0.798. The first-order valence-electron chi connectivity index (χ1n) is 7.90. The van der Waals surface area contributed by atoms with Crippen LogP contribution in [0.4, 0.5) is 0 Å². The Balaban J connectivity index is 1.70. The molecule has 1 fully saturated rings. The van der Waals surface area contributed by atoms with Crippen molar-refractivity contribution in [2.45, 2.75) is 38.0 Å². The number of rotatable bonds is 7. The van der Waals surface area contributed by atoms with Gasteiger partial charge in [-0.05, 0) is 56.8 Å². The number of thioether (sulfide) groups is 1. The van der Waals surface area contributed by atoms with Gasteiger partial charge >= 0.3 is 0 Å². The highest BCUT2D eigenvalue weighted by Gasteiger charge is 2.24. The Hall–Kier alpha value is -0.260. The summed E-state index contributed by atoms with van der Waals surface area (Å²) in [5.74, 6) is 0.773. The Morgan fingerprint density at radius 2 is 1.95 bits per heavy atom. The second-order valence-electron chi connectivity index (χ2n) is 6.49. The molecule has 0 aliphatic carbocycles. The van der Waals surface area contributed by atoms with Gasteiger partial charge in [0.1, 0.15) is 0 Å². The van der Waals surface area contributed by atoms with Crippen molar-refractivity contribution in [3.63, 3.8) is 0 Å². The van der Waals surface area contributed by atoms with E-state index >= 15 is 0 Å². The Labute approximate surface area is 143 Å². The maximum absolute atomic E-state index is 10.2. The van der Waals surface area contributed by atoms with E-state index in [2.05, 4.69) is 22.3 Å². The molecule has 1 unspecified atom stereocenters. The van der Waals surface area contributed by atoms with Crippen LogP contribution >= 0.6 is 23.4 Å². The number of nitrogens with zero attached hydrogens (tertiary/aromatic N) is 1. The van der Waals surface area contributed by atoms with E-state index in [9.17, 15) is 5.11 Å². The second kappa shape index (κ2) is 8.55. The van der Waals surface area contributed by atoms with E-state index in [-0.39, 0.29) is 0 Å². The van der Waals surface area contributed by atoms with Crippen molar-refractivity contribution in [2.75, 3.05) is 31.6 Å². The molecule has 1 aliphatic heterocycles. The molecule has 22 heavy (non-hydrogen) atoms. The summed E-state index contributed by atoms with van der Waals surface area (Å²) in [6, 6.07) is 8.64. The van der Waals surface area contributed by atoms with Gasteiger partial charge in [0.05, 0.1) is 5.60 Å². The lowest BCUT2D eigenvalue weighted by Crippen LogP contribution is -2.48. The first-order chi connectivity index (χ1) is 10.5. The van der Waals surface area contributed by atoms with Crippen LogP contribution in [0, 0.1) is 0 Å². The molecule has 0 spiro atoms. The van der Waals surface area contributed by atoms with Crippen LogP contribution < -0.4 is 5.32 Å². The molecule has 0 amide bonds. The minimum atomic E-state index is -0.611. The fourth-order valence-electron chi connectivity index (χ4n) is 2.87. The number of nitrogens with one attached hydrogen (secondary N) is 1. The fourth-order valence-corrected chi connectivity index (χ4v) is 3.72. The predicted molar refractivity (Wildman–Crippen MR) is 96.8 cm³/mol. The van der Waals surface area contributed by atoms with Gasteiger partial charge < -0.3 is 10.4 Å². The SMILES string of the molecule is CSCC(C)(O)CNC1CCN(Cc2ccc(Cl)cc2)CC1. The van der Waals surface area contributed by atoms with Crippen molar-refractivity contribution < 1.29 is 5.11 Å². The number of benzene rings is 1. The second-order valence-corrected chi connectivity index (χ2v) is 7.79. The molecule has 5 heteroatoms. The first kappa shape index (κ1) is 18.1. The molecule has 0 saturated carbocycles. The third-order valence-corrected chi connectivity index (χ3v) is 5.30. The third kappa shape index (κ3) is 6.09. The van der Waals surface area contributed by atoms with Gasteiger partial charge in [0.25, 0.3) is 0 Å². The van der Waals surface area contributed by atoms with Crippen LogP contribution in [0.2, 0.25) is 5.02 Å². The van der Waals surface area contributed by atoms with Crippen molar-refractivity contribution in [3.8, 4) is 0 Å². The number of halogens is 1. The van der Waals surface area contributed by atoms with E-state index in [1.54, 1.807) is 11.8 Å². The summed E-state index contributed by atoms with van der Waals surface area (Å²) in [6.45, 7) is 5.78. The standard InChI is InChI=1S/C17H27ClN2OS/c1-17(21,13-22-2)12-19-16-7-9-20(10-8-16)11-14-3-5-15(18)6-4-14/h3-6,16,19,21H,7-13H2,1-2H3. The summed E-state index contributed by atoms with van der Waals surface area (Å²) in [6.07, 6.45) is 4.32. The maximum Gasteiger partial charge on any atom is 0.0833 e. The van der Waals surface area contributed by atoms with Gasteiger partial charge in [0.15, 0.2) is 0 Å². The lowest BCUT2D eigenvalue weighted by molar-refractivity contribution is 0.0761. The molecule has 1 saturated heterocycles. The van der Waals surface area contributed by atoms with Crippen LogP contribution in [0.15, 0.2) is 24.3 Å². The normalized spacial score (nSPS) is 20.0. The van der Waals surface area contributed by atoms with Gasteiger partial charge in [0.2, 0.25) is 0 Å². The number of hydrogen-bond donors (Lipinski definition) is 2. The highest BCUT2D eigenvalue weighted by molar-refractivity contribution is 7.98. The van der Waals surface area contributed by atoms with E-state index in [1.807, 2.05) is 25.3 Å². The monoisotopic (exact) mass is 342 g/mol. The van der Waals surface area contributed by atoms with Crippen molar-refractivity contribution in [3.05, 3.63) is 34.9 Å². The molecular formula is C17H27ClN2OS. The van der Waals surface area contributed by atoms with Crippen LogP contribution in [-0.4, -0.2) is 53.3 Å². The third-order valence-electron chi connectivity index (χ3n) is 4.13. The molecular weight excluding hydrogens is 316 g/mol. The molecule has 124 valence electrons. The zero-order valence-corrected chi connectivity index (χ0v) is 15.1. The Morgan fingerprint density at radius 1 is 1.32 bits per heavy atom. The van der Waals surface area contributed by atoms with Crippen LogP contribution in [0.25, 0.3) is 0 Å². The summed E-state index contributed by atoms with van der Waals surface area (Å²) in [5, 5.41) is 14.5. The fraction of sp³-hybridized carbons (Fsp3) is 0.647. The van der Waals surface area contributed by atoms with Gasteiger partial charge in [-0.25, -0.2) is 0 Å². The van der Waals surface area contributed by atoms with E-state index < -0.39 is 5.60 Å². The van der Waals surface area contributed by atoms with Crippen LogP contribution in [0.3, 0.4) is 0 Å². The van der Waals surface area contributed by atoms with Gasteiger partial charge in [0, 0.05) is 29.9 Å². The van der Waals surface area contributed by atoms with Gasteiger partial charge in [-0.3, -0.25) is 4.90 Å². The average Bonchev–Trinajstić information content (AvgIpc) is 2.49. The minimum absolute atomic E-state index is 0.523. The van der Waals surface area contributed by atoms with E-state index in [1.165, 1.54) is 5.56 Å².